The highest BCUT2D eigenvalue weighted by atomic mass is 16.5. The van der Waals surface area contributed by atoms with Gasteiger partial charge in [-0.05, 0) is 45.6 Å². The molecule has 5 nitrogen and oxygen atoms in total. The van der Waals surface area contributed by atoms with Crippen LogP contribution < -0.4 is 5.73 Å². The van der Waals surface area contributed by atoms with E-state index in [2.05, 4.69) is 22.0 Å². The van der Waals surface area contributed by atoms with Gasteiger partial charge in [0.25, 0.3) is 0 Å². The summed E-state index contributed by atoms with van der Waals surface area (Å²) in [5.74, 6) is 2.14. The van der Waals surface area contributed by atoms with E-state index in [0.717, 1.165) is 32.0 Å². The van der Waals surface area contributed by atoms with Crippen molar-refractivity contribution in [2.45, 2.75) is 52.1 Å². The summed E-state index contributed by atoms with van der Waals surface area (Å²) >= 11 is 0. The van der Waals surface area contributed by atoms with Crippen molar-refractivity contribution in [2.24, 2.45) is 11.7 Å². The number of nitrogens with two attached hydrogens (primary N) is 1. The van der Waals surface area contributed by atoms with Gasteiger partial charge in [0.2, 0.25) is 5.89 Å². The third-order valence-electron chi connectivity index (χ3n) is 3.16. The highest BCUT2D eigenvalue weighted by molar-refractivity contribution is 4.99. The minimum absolute atomic E-state index is 0.534. The Morgan fingerprint density at radius 2 is 2.17 bits per heavy atom. The van der Waals surface area contributed by atoms with Crippen LogP contribution in [0, 0.1) is 5.92 Å². The maximum absolute atomic E-state index is 5.95. The van der Waals surface area contributed by atoms with Crippen molar-refractivity contribution in [2.75, 3.05) is 13.1 Å². The van der Waals surface area contributed by atoms with Crippen molar-refractivity contribution in [3.8, 4) is 0 Å². The van der Waals surface area contributed by atoms with E-state index in [0.29, 0.717) is 11.7 Å². The Balaban J connectivity index is 1.94. The molecule has 0 radical (unpaired) electrons. The van der Waals surface area contributed by atoms with Crippen molar-refractivity contribution >= 4 is 0 Å². The summed E-state index contributed by atoms with van der Waals surface area (Å²) in [4.78, 5) is 6.79. The predicted molar refractivity (Wildman–Crippen MR) is 69.8 cm³/mol. The summed E-state index contributed by atoms with van der Waals surface area (Å²) in [6.45, 7) is 8.94. The van der Waals surface area contributed by atoms with E-state index in [1.807, 2.05) is 13.8 Å². The summed E-state index contributed by atoms with van der Waals surface area (Å²) < 4.78 is 5.29. The number of nitrogens with zero attached hydrogens (tertiary/aromatic N) is 3. The zero-order valence-electron chi connectivity index (χ0n) is 11.6. The van der Waals surface area contributed by atoms with Crippen molar-refractivity contribution in [3.05, 3.63) is 11.7 Å². The van der Waals surface area contributed by atoms with E-state index >= 15 is 0 Å². The molecular weight excluding hydrogens is 228 g/mol. The first kappa shape index (κ1) is 13.5. The smallest absolute Gasteiger partial charge is 0.240 e. The van der Waals surface area contributed by atoms with Crippen LogP contribution in [0.2, 0.25) is 0 Å². The number of aromatic nitrogens is 2. The van der Waals surface area contributed by atoms with Crippen molar-refractivity contribution < 1.29 is 4.52 Å². The lowest BCUT2D eigenvalue weighted by Crippen LogP contribution is -2.30. The SMILES string of the molecule is CCCN(Cc1nc(C(C)(C)N)no1)CC1CC1. The summed E-state index contributed by atoms with van der Waals surface area (Å²) in [6.07, 6.45) is 3.88. The Bertz CT molecular complexity index is 379. The van der Waals surface area contributed by atoms with Crippen molar-refractivity contribution in [1.82, 2.24) is 15.0 Å². The summed E-state index contributed by atoms with van der Waals surface area (Å²) in [5, 5.41) is 3.96. The first-order valence-corrected chi connectivity index (χ1v) is 6.83. The van der Waals surface area contributed by atoms with E-state index < -0.39 is 5.54 Å². The zero-order chi connectivity index (χ0) is 13.2. The van der Waals surface area contributed by atoms with Crippen molar-refractivity contribution in [3.63, 3.8) is 0 Å². The Hall–Kier alpha value is -0.940. The Labute approximate surface area is 109 Å². The van der Waals surface area contributed by atoms with E-state index in [-0.39, 0.29) is 0 Å². The molecule has 0 bridgehead atoms. The van der Waals surface area contributed by atoms with Gasteiger partial charge in [0.05, 0.1) is 12.1 Å². The largest absolute Gasteiger partial charge is 0.338 e. The van der Waals surface area contributed by atoms with Gasteiger partial charge < -0.3 is 10.3 Å². The molecule has 2 N–H and O–H groups in total. The summed E-state index contributed by atoms with van der Waals surface area (Å²) in [7, 11) is 0. The fourth-order valence-electron chi connectivity index (χ4n) is 1.99. The van der Waals surface area contributed by atoms with Crippen LogP contribution in [0.4, 0.5) is 0 Å². The second-order valence-corrected chi connectivity index (χ2v) is 5.91. The third-order valence-corrected chi connectivity index (χ3v) is 3.16. The molecule has 0 spiro atoms. The van der Waals surface area contributed by atoms with Gasteiger partial charge in [-0.25, -0.2) is 0 Å². The Morgan fingerprint density at radius 1 is 1.44 bits per heavy atom. The molecule has 0 unspecified atom stereocenters. The van der Waals surface area contributed by atoms with Gasteiger partial charge in [0, 0.05) is 6.54 Å². The standard InChI is InChI=1S/C13H24N4O/c1-4-7-17(8-10-5-6-10)9-11-15-12(16-18-11)13(2,3)14/h10H,4-9,14H2,1-3H3. The van der Waals surface area contributed by atoms with Crippen LogP contribution in [0.15, 0.2) is 4.52 Å². The van der Waals surface area contributed by atoms with E-state index in [1.54, 1.807) is 0 Å². The van der Waals surface area contributed by atoms with E-state index in [9.17, 15) is 0 Å². The Kier molecular flexibility index (Phi) is 4.02. The maximum atomic E-state index is 5.95. The first-order valence-electron chi connectivity index (χ1n) is 6.83. The van der Waals surface area contributed by atoms with Crippen molar-refractivity contribution in [1.29, 1.82) is 0 Å². The number of hydrogen-bond acceptors (Lipinski definition) is 5. The van der Waals surface area contributed by atoms with Crippen LogP contribution in [0.5, 0.6) is 0 Å². The van der Waals surface area contributed by atoms with E-state index in [4.69, 9.17) is 10.3 Å². The average molecular weight is 252 g/mol. The van der Waals surface area contributed by atoms with Crippen LogP contribution in [0.1, 0.15) is 51.7 Å². The first-order chi connectivity index (χ1) is 8.49. The minimum atomic E-state index is -0.534. The molecule has 102 valence electrons. The summed E-state index contributed by atoms with van der Waals surface area (Å²) in [6, 6.07) is 0. The van der Waals surface area contributed by atoms with Gasteiger partial charge in [-0.1, -0.05) is 12.1 Å². The fourth-order valence-corrected chi connectivity index (χ4v) is 1.99. The van der Waals surface area contributed by atoms with Crippen LogP contribution >= 0.6 is 0 Å². The maximum Gasteiger partial charge on any atom is 0.240 e. The molecule has 0 aromatic carbocycles. The molecule has 1 heterocycles. The predicted octanol–water partition coefficient (Wildman–Crippen LogP) is 1.89. The van der Waals surface area contributed by atoms with Gasteiger partial charge in [0.1, 0.15) is 0 Å². The quantitative estimate of drug-likeness (QED) is 0.802. The molecule has 2 rings (SSSR count). The molecule has 1 aliphatic rings. The second-order valence-electron chi connectivity index (χ2n) is 5.91. The van der Waals surface area contributed by atoms with Crippen LogP contribution in [-0.2, 0) is 12.1 Å². The number of hydrogen-bond donors (Lipinski definition) is 1. The molecule has 1 aromatic rings. The highest BCUT2D eigenvalue weighted by Gasteiger charge is 2.26. The van der Waals surface area contributed by atoms with Gasteiger partial charge >= 0.3 is 0 Å². The van der Waals surface area contributed by atoms with Crippen LogP contribution in [-0.4, -0.2) is 28.1 Å². The van der Waals surface area contributed by atoms with Crippen LogP contribution in [0.3, 0.4) is 0 Å². The molecule has 1 aromatic heterocycles. The van der Waals surface area contributed by atoms with Crippen LogP contribution in [0.25, 0.3) is 0 Å². The normalized spacial score (nSPS) is 16.5. The molecule has 0 amide bonds. The molecule has 1 aliphatic carbocycles. The van der Waals surface area contributed by atoms with Gasteiger partial charge in [-0.3, -0.25) is 4.90 Å². The third kappa shape index (κ3) is 3.78. The summed E-state index contributed by atoms with van der Waals surface area (Å²) in [5.41, 5.74) is 5.42. The molecular formula is C13H24N4O. The molecule has 0 saturated heterocycles. The van der Waals surface area contributed by atoms with Gasteiger partial charge in [0.15, 0.2) is 5.82 Å². The van der Waals surface area contributed by atoms with E-state index in [1.165, 1.54) is 12.8 Å². The molecule has 1 saturated carbocycles. The molecule has 1 fully saturated rings. The second kappa shape index (κ2) is 5.36. The zero-order valence-corrected chi connectivity index (χ0v) is 11.6. The van der Waals surface area contributed by atoms with Gasteiger partial charge in [-0.15, -0.1) is 0 Å². The Morgan fingerprint density at radius 3 is 2.67 bits per heavy atom. The molecule has 0 atom stereocenters. The lowest BCUT2D eigenvalue weighted by molar-refractivity contribution is 0.218. The average Bonchev–Trinajstić information content (AvgIpc) is 2.93. The molecule has 0 aliphatic heterocycles. The topological polar surface area (TPSA) is 68.2 Å². The van der Waals surface area contributed by atoms with Gasteiger partial charge in [-0.2, -0.15) is 4.98 Å². The number of rotatable bonds is 7. The highest BCUT2D eigenvalue weighted by Crippen LogP contribution is 2.30. The lowest BCUT2D eigenvalue weighted by Gasteiger charge is -2.19. The molecule has 18 heavy (non-hydrogen) atoms. The molecule has 5 heteroatoms. The minimum Gasteiger partial charge on any atom is -0.338 e. The monoisotopic (exact) mass is 252 g/mol. The fraction of sp³-hybridized carbons (Fsp3) is 0.846. The lowest BCUT2D eigenvalue weighted by atomic mass is 10.1.